The van der Waals surface area contributed by atoms with Crippen LogP contribution in [-0.4, -0.2) is 29.5 Å². The number of carbonyl (C=O) groups excluding carboxylic acids is 3. The molecule has 1 heterocycles. The van der Waals surface area contributed by atoms with Gasteiger partial charge in [-0.15, -0.1) is 0 Å². The number of esters is 1. The Morgan fingerprint density at radius 3 is 2.63 bits per heavy atom. The number of ether oxygens (including phenoxy) is 1. The highest BCUT2D eigenvalue weighted by Crippen LogP contribution is 2.18. The molecule has 0 spiro atoms. The van der Waals surface area contributed by atoms with Crippen molar-refractivity contribution in [3.8, 4) is 0 Å². The molecule has 7 heteroatoms. The Hall–Kier alpha value is -4.00. The highest BCUT2D eigenvalue weighted by atomic mass is 16.5. The first-order valence-electron chi connectivity index (χ1n) is 9.29. The number of hydrogen-bond acceptors (Lipinski definition) is 5. The van der Waals surface area contributed by atoms with Crippen molar-refractivity contribution in [1.29, 1.82) is 0 Å². The van der Waals surface area contributed by atoms with E-state index in [1.54, 1.807) is 24.4 Å². The Labute approximate surface area is 173 Å². The molecule has 7 nitrogen and oxygen atoms in total. The molecular formula is C23H21N3O4. The predicted molar refractivity (Wildman–Crippen MR) is 115 cm³/mol. The third-order valence-corrected chi connectivity index (χ3v) is 4.51. The Morgan fingerprint density at radius 2 is 1.80 bits per heavy atom. The van der Waals surface area contributed by atoms with Crippen LogP contribution in [0, 0.1) is 13.8 Å². The van der Waals surface area contributed by atoms with E-state index in [1.807, 2.05) is 50.2 Å². The number of imide groups is 1. The summed E-state index contributed by atoms with van der Waals surface area (Å²) in [6.07, 6.45) is 4.46. The molecule has 30 heavy (non-hydrogen) atoms. The molecular weight excluding hydrogens is 382 g/mol. The third-order valence-electron chi connectivity index (χ3n) is 4.51. The smallest absolute Gasteiger partial charge is 0.331 e. The van der Waals surface area contributed by atoms with Crippen LogP contribution in [0.5, 0.6) is 0 Å². The van der Waals surface area contributed by atoms with E-state index in [0.717, 1.165) is 27.6 Å². The summed E-state index contributed by atoms with van der Waals surface area (Å²) in [4.78, 5) is 40.0. The number of pyridine rings is 1. The number of aryl methyl sites for hydroxylation is 1. The summed E-state index contributed by atoms with van der Waals surface area (Å²) in [5.74, 6) is -1.43. The van der Waals surface area contributed by atoms with Gasteiger partial charge in [-0.3, -0.25) is 15.1 Å². The number of urea groups is 1. The number of para-hydroxylation sites is 1. The van der Waals surface area contributed by atoms with Crippen LogP contribution in [0.15, 0.2) is 60.8 Å². The second kappa shape index (κ2) is 9.47. The number of anilines is 1. The molecule has 0 atom stereocenters. The Kier molecular flexibility index (Phi) is 6.54. The van der Waals surface area contributed by atoms with E-state index >= 15 is 0 Å². The summed E-state index contributed by atoms with van der Waals surface area (Å²) in [5, 5.41) is 5.68. The monoisotopic (exact) mass is 403 g/mol. The summed E-state index contributed by atoms with van der Waals surface area (Å²) < 4.78 is 4.89. The van der Waals surface area contributed by atoms with Gasteiger partial charge in [-0.05, 0) is 43.2 Å². The van der Waals surface area contributed by atoms with Gasteiger partial charge in [0.2, 0.25) is 0 Å². The van der Waals surface area contributed by atoms with Crippen molar-refractivity contribution >= 4 is 40.6 Å². The Bertz CT molecular complexity index is 1130. The minimum Gasteiger partial charge on any atom is -0.452 e. The standard InChI is InChI=1S/C23H21N3O4/c1-15-6-3-10-19(16(15)2)25-23(29)26-20(27)14-30-21(28)12-11-18-8-4-7-17-9-5-13-24-22(17)18/h3-13H,14H2,1-2H3,(H2,25,26,27,29). The first-order chi connectivity index (χ1) is 14.4. The summed E-state index contributed by atoms with van der Waals surface area (Å²) >= 11 is 0. The fourth-order valence-electron chi connectivity index (χ4n) is 2.81. The normalized spacial score (nSPS) is 10.7. The molecule has 0 saturated carbocycles. The summed E-state index contributed by atoms with van der Waals surface area (Å²) in [6.45, 7) is 3.22. The minimum absolute atomic E-state index is 0.572. The number of hydrogen-bond donors (Lipinski definition) is 2. The van der Waals surface area contributed by atoms with Crippen LogP contribution in [0.1, 0.15) is 16.7 Å². The number of nitrogens with zero attached hydrogens (tertiary/aromatic N) is 1. The predicted octanol–water partition coefficient (Wildman–Crippen LogP) is 3.76. The fourth-order valence-corrected chi connectivity index (χ4v) is 2.81. The minimum atomic E-state index is -0.730. The molecule has 3 rings (SSSR count). The molecule has 0 aliphatic rings. The second-order valence-electron chi connectivity index (χ2n) is 6.61. The van der Waals surface area contributed by atoms with Crippen LogP contribution in [0.2, 0.25) is 0 Å². The zero-order valence-electron chi connectivity index (χ0n) is 16.6. The zero-order valence-corrected chi connectivity index (χ0v) is 16.6. The van der Waals surface area contributed by atoms with Gasteiger partial charge in [-0.2, -0.15) is 0 Å². The zero-order chi connectivity index (χ0) is 21.5. The van der Waals surface area contributed by atoms with Gasteiger partial charge in [0.05, 0.1) is 5.52 Å². The summed E-state index contributed by atoms with van der Waals surface area (Å²) in [6, 6.07) is 14.1. The van der Waals surface area contributed by atoms with E-state index in [-0.39, 0.29) is 0 Å². The fraction of sp³-hybridized carbons (Fsp3) is 0.130. The molecule has 1 aromatic heterocycles. The maximum absolute atomic E-state index is 12.0. The number of amides is 3. The van der Waals surface area contributed by atoms with Gasteiger partial charge in [0.1, 0.15) is 0 Å². The molecule has 0 radical (unpaired) electrons. The number of benzene rings is 2. The SMILES string of the molecule is Cc1cccc(NC(=O)NC(=O)COC(=O)C=Cc2cccc3cccnc23)c1C. The quantitative estimate of drug-likeness (QED) is 0.499. The third kappa shape index (κ3) is 5.29. The van der Waals surface area contributed by atoms with Gasteiger partial charge in [0.15, 0.2) is 6.61 Å². The van der Waals surface area contributed by atoms with Crippen LogP contribution < -0.4 is 10.6 Å². The molecule has 152 valence electrons. The Morgan fingerprint density at radius 1 is 1.03 bits per heavy atom. The van der Waals surface area contributed by atoms with Gasteiger partial charge in [0, 0.05) is 28.9 Å². The highest BCUT2D eigenvalue weighted by Gasteiger charge is 2.11. The van der Waals surface area contributed by atoms with E-state index < -0.39 is 24.5 Å². The number of carbonyl (C=O) groups is 3. The first-order valence-corrected chi connectivity index (χ1v) is 9.29. The maximum atomic E-state index is 12.0. The van der Waals surface area contributed by atoms with Gasteiger partial charge >= 0.3 is 12.0 Å². The van der Waals surface area contributed by atoms with Gasteiger partial charge in [-0.25, -0.2) is 9.59 Å². The van der Waals surface area contributed by atoms with Crippen molar-refractivity contribution in [3.63, 3.8) is 0 Å². The van der Waals surface area contributed by atoms with Crippen LogP contribution in [0.3, 0.4) is 0 Å². The van der Waals surface area contributed by atoms with Crippen molar-refractivity contribution in [2.75, 3.05) is 11.9 Å². The molecule has 3 aromatic rings. The lowest BCUT2D eigenvalue weighted by Crippen LogP contribution is -2.37. The molecule has 0 bridgehead atoms. The summed E-state index contributed by atoms with van der Waals surface area (Å²) in [5.41, 5.74) is 4.03. The van der Waals surface area contributed by atoms with E-state index in [4.69, 9.17) is 4.74 Å². The van der Waals surface area contributed by atoms with Crippen molar-refractivity contribution in [1.82, 2.24) is 10.3 Å². The van der Waals surface area contributed by atoms with Crippen LogP contribution in [0.25, 0.3) is 17.0 Å². The lowest BCUT2D eigenvalue weighted by molar-refractivity contribution is -0.143. The summed E-state index contributed by atoms with van der Waals surface area (Å²) in [7, 11) is 0. The van der Waals surface area contributed by atoms with Crippen molar-refractivity contribution < 1.29 is 19.1 Å². The van der Waals surface area contributed by atoms with Crippen molar-refractivity contribution in [2.45, 2.75) is 13.8 Å². The number of fused-ring (bicyclic) bond motifs is 1. The molecule has 0 aliphatic heterocycles. The second-order valence-corrected chi connectivity index (χ2v) is 6.61. The largest absolute Gasteiger partial charge is 0.452 e. The molecule has 3 amide bonds. The van der Waals surface area contributed by atoms with Crippen molar-refractivity contribution in [3.05, 3.63) is 77.5 Å². The van der Waals surface area contributed by atoms with Gasteiger partial charge in [0.25, 0.3) is 5.91 Å². The number of nitrogens with one attached hydrogen (secondary N) is 2. The lowest BCUT2D eigenvalue weighted by Gasteiger charge is -2.10. The van der Waals surface area contributed by atoms with E-state index in [2.05, 4.69) is 15.6 Å². The molecule has 0 saturated heterocycles. The highest BCUT2D eigenvalue weighted by molar-refractivity contribution is 6.02. The van der Waals surface area contributed by atoms with Crippen molar-refractivity contribution in [2.24, 2.45) is 0 Å². The molecule has 0 aliphatic carbocycles. The van der Waals surface area contributed by atoms with Gasteiger partial charge < -0.3 is 10.1 Å². The molecule has 0 unspecified atom stereocenters. The van der Waals surface area contributed by atoms with Crippen LogP contribution in [-0.2, 0) is 14.3 Å². The van der Waals surface area contributed by atoms with Crippen LogP contribution in [0.4, 0.5) is 10.5 Å². The average molecular weight is 403 g/mol. The number of rotatable bonds is 5. The molecule has 2 N–H and O–H groups in total. The maximum Gasteiger partial charge on any atom is 0.331 e. The average Bonchev–Trinajstić information content (AvgIpc) is 2.74. The number of aromatic nitrogens is 1. The first kappa shape index (κ1) is 20.7. The van der Waals surface area contributed by atoms with Gasteiger partial charge in [-0.1, -0.05) is 36.4 Å². The topological polar surface area (TPSA) is 97.4 Å². The van der Waals surface area contributed by atoms with Crippen LogP contribution >= 0.6 is 0 Å². The van der Waals surface area contributed by atoms with E-state index in [0.29, 0.717) is 5.69 Å². The van der Waals surface area contributed by atoms with E-state index in [1.165, 1.54) is 6.08 Å². The molecule has 2 aromatic carbocycles. The lowest BCUT2D eigenvalue weighted by atomic mass is 10.1. The Balaban J connectivity index is 1.50. The molecule has 0 fully saturated rings. The van der Waals surface area contributed by atoms with E-state index in [9.17, 15) is 14.4 Å².